The first-order chi connectivity index (χ1) is 16.4. The van der Waals surface area contributed by atoms with Gasteiger partial charge in [-0.2, -0.15) is 13.2 Å². The van der Waals surface area contributed by atoms with Gasteiger partial charge < -0.3 is 15.2 Å². The lowest BCUT2D eigenvalue weighted by atomic mass is 9.90. The Morgan fingerprint density at radius 3 is 2.65 bits per heavy atom. The number of para-hydroxylation sites is 2. The highest BCUT2D eigenvalue weighted by Crippen LogP contribution is 2.34. The Balaban J connectivity index is 1.28. The molecule has 0 aliphatic heterocycles. The monoisotopic (exact) mass is 466 g/mol. The fourth-order valence-corrected chi connectivity index (χ4v) is 4.82. The first-order valence-electron chi connectivity index (χ1n) is 11.4. The largest absolute Gasteiger partial charge is 0.433 e. The van der Waals surface area contributed by atoms with Gasteiger partial charge in [-0.1, -0.05) is 36.4 Å². The first-order valence-corrected chi connectivity index (χ1v) is 11.4. The van der Waals surface area contributed by atoms with Crippen LogP contribution in [0, 0.1) is 0 Å². The van der Waals surface area contributed by atoms with E-state index in [4.69, 9.17) is 0 Å². The highest BCUT2D eigenvalue weighted by Gasteiger charge is 2.34. The molecule has 2 heterocycles. The van der Waals surface area contributed by atoms with Crippen LogP contribution in [0.1, 0.15) is 31.4 Å². The average Bonchev–Trinajstić information content (AvgIpc) is 3.21. The third kappa shape index (κ3) is 4.71. The van der Waals surface area contributed by atoms with E-state index in [2.05, 4.69) is 15.6 Å². The van der Waals surface area contributed by atoms with E-state index in [9.17, 15) is 18.0 Å². The van der Waals surface area contributed by atoms with Gasteiger partial charge in [0.15, 0.2) is 0 Å². The predicted molar refractivity (Wildman–Crippen MR) is 126 cm³/mol. The van der Waals surface area contributed by atoms with Crippen molar-refractivity contribution in [1.82, 2.24) is 14.9 Å². The number of benzene rings is 2. The van der Waals surface area contributed by atoms with Crippen LogP contribution in [0.3, 0.4) is 0 Å². The SMILES string of the molecule is O=C(Cn1ccc2ccccc21)N[C@@H]1CCC[C@H](Nc2cc(C(F)(F)F)nc3ccccc23)C1. The van der Waals surface area contributed by atoms with Crippen LogP contribution >= 0.6 is 0 Å². The number of aromatic nitrogens is 2. The standard InChI is InChI=1S/C26H25F3N4O/c27-26(28,29)24-15-22(20-9-2-3-10-21(20)32-24)30-18-7-5-8-19(14-18)31-25(34)16-33-13-12-17-6-1-4-11-23(17)33/h1-4,6,9-13,15,18-19H,5,7-8,14,16H2,(H,30,32)(H,31,34)/t18-,19+/m0/s1. The van der Waals surface area contributed by atoms with E-state index in [1.165, 1.54) is 0 Å². The number of fused-ring (bicyclic) bond motifs is 2. The number of alkyl halides is 3. The summed E-state index contributed by atoms with van der Waals surface area (Å²) < 4.78 is 42.1. The highest BCUT2D eigenvalue weighted by molar-refractivity contribution is 5.91. The minimum Gasteiger partial charge on any atom is -0.382 e. The summed E-state index contributed by atoms with van der Waals surface area (Å²) in [7, 11) is 0. The van der Waals surface area contributed by atoms with Gasteiger partial charge in [-0.3, -0.25) is 4.79 Å². The number of rotatable bonds is 5. The molecule has 8 heteroatoms. The Morgan fingerprint density at radius 1 is 1.03 bits per heavy atom. The van der Waals surface area contributed by atoms with Crippen LogP contribution in [0.4, 0.5) is 18.9 Å². The molecule has 0 spiro atoms. The quantitative estimate of drug-likeness (QED) is 0.394. The molecule has 5 rings (SSSR count). The van der Waals surface area contributed by atoms with E-state index in [1.807, 2.05) is 41.1 Å². The number of amides is 1. The second-order valence-corrected chi connectivity index (χ2v) is 8.84. The van der Waals surface area contributed by atoms with Crippen LogP contribution in [0.15, 0.2) is 66.9 Å². The Labute approximate surface area is 195 Å². The zero-order valence-electron chi connectivity index (χ0n) is 18.5. The third-order valence-corrected chi connectivity index (χ3v) is 6.40. The first kappa shape index (κ1) is 22.3. The van der Waals surface area contributed by atoms with E-state index >= 15 is 0 Å². The summed E-state index contributed by atoms with van der Waals surface area (Å²) in [6, 6.07) is 17.7. The molecule has 4 aromatic rings. The molecule has 34 heavy (non-hydrogen) atoms. The molecule has 5 nitrogen and oxygen atoms in total. The van der Waals surface area contributed by atoms with Crippen LogP contribution in [0.25, 0.3) is 21.8 Å². The highest BCUT2D eigenvalue weighted by atomic mass is 19.4. The van der Waals surface area contributed by atoms with Crippen LogP contribution < -0.4 is 10.6 Å². The van der Waals surface area contributed by atoms with Gasteiger partial charge in [0.05, 0.1) is 5.52 Å². The van der Waals surface area contributed by atoms with Crippen molar-refractivity contribution in [3.63, 3.8) is 0 Å². The van der Waals surface area contributed by atoms with Gasteiger partial charge in [0.25, 0.3) is 0 Å². The lowest BCUT2D eigenvalue weighted by Crippen LogP contribution is -2.43. The van der Waals surface area contributed by atoms with Gasteiger partial charge in [0.2, 0.25) is 5.91 Å². The summed E-state index contributed by atoms with van der Waals surface area (Å²) in [6.45, 7) is 0.228. The molecule has 1 amide bonds. The van der Waals surface area contributed by atoms with Crippen molar-refractivity contribution >= 4 is 33.4 Å². The summed E-state index contributed by atoms with van der Waals surface area (Å²) in [4.78, 5) is 16.5. The summed E-state index contributed by atoms with van der Waals surface area (Å²) in [6.07, 6.45) is 0.586. The molecule has 1 aliphatic rings. The molecule has 2 aromatic carbocycles. The van der Waals surface area contributed by atoms with Gasteiger partial charge >= 0.3 is 6.18 Å². The van der Waals surface area contributed by atoms with Gasteiger partial charge in [-0.05, 0) is 55.3 Å². The second-order valence-electron chi connectivity index (χ2n) is 8.84. The van der Waals surface area contributed by atoms with E-state index in [1.54, 1.807) is 24.3 Å². The number of carbonyl (C=O) groups excluding carboxylic acids is 1. The molecule has 1 saturated carbocycles. The van der Waals surface area contributed by atoms with Crippen LogP contribution in [-0.4, -0.2) is 27.5 Å². The maximum absolute atomic E-state index is 13.4. The summed E-state index contributed by atoms with van der Waals surface area (Å²) in [5.74, 6) is -0.0688. The second kappa shape index (κ2) is 9.00. The molecule has 0 saturated heterocycles. The van der Waals surface area contributed by atoms with Crippen molar-refractivity contribution in [3.05, 3.63) is 72.6 Å². The molecular weight excluding hydrogens is 441 g/mol. The number of halogens is 3. The van der Waals surface area contributed by atoms with Crippen LogP contribution in [-0.2, 0) is 17.5 Å². The maximum atomic E-state index is 13.4. The van der Waals surface area contributed by atoms with Gasteiger partial charge in [-0.15, -0.1) is 0 Å². The Kier molecular flexibility index (Phi) is 5.89. The molecule has 0 unspecified atom stereocenters. The number of nitrogens with one attached hydrogen (secondary N) is 2. The minimum atomic E-state index is -4.52. The molecule has 1 fully saturated rings. The van der Waals surface area contributed by atoms with E-state index in [0.717, 1.165) is 36.2 Å². The Bertz CT molecular complexity index is 1330. The molecule has 0 bridgehead atoms. The van der Waals surface area contributed by atoms with Crippen molar-refractivity contribution in [2.24, 2.45) is 0 Å². The number of pyridine rings is 1. The van der Waals surface area contributed by atoms with Crippen molar-refractivity contribution in [2.75, 3.05) is 5.32 Å². The summed E-state index contributed by atoms with van der Waals surface area (Å²) >= 11 is 0. The van der Waals surface area contributed by atoms with Gasteiger partial charge in [-0.25, -0.2) is 4.98 Å². The molecule has 2 N–H and O–H groups in total. The fourth-order valence-electron chi connectivity index (χ4n) is 4.82. The van der Waals surface area contributed by atoms with Crippen LogP contribution in [0.5, 0.6) is 0 Å². The molecule has 176 valence electrons. The van der Waals surface area contributed by atoms with E-state index in [0.29, 0.717) is 23.0 Å². The third-order valence-electron chi connectivity index (χ3n) is 6.40. The van der Waals surface area contributed by atoms with Crippen molar-refractivity contribution in [3.8, 4) is 0 Å². The van der Waals surface area contributed by atoms with Gasteiger partial charge in [0, 0.05) is 34.9 Å². The summed E-state index contributed by atoms with van der Waals surface area (Å²) in [5, 5.41) is 8.17. The lowest BCUT2D eigenvalue weighted by molar-refractivity contribution is -0.140. The lowest BCUT2D eigenvalue weighted by Gasteiger charge is -2.31. The Hall–Kier alpha value is -3.55. The number of hydrogen-bond acceptors (Lipinski definition) is 3. The maximum Gasteiger partial charge on any atom is 0.433 e. The average molecular weight is 467 g/mol. The molecular formula is C26H25F3N4O. The normalized spacial score (nSPS) is 18.8. The molecule has 0 radical (unpaired) electrons. The summed E-state index contributed by atoms with van der Waals surface area (Å²) in [5.41, 5.74) is 0.826. The van der Waals surface area contributed by atoms with Crippen molar-refractivity contribution in [1.29, 1.82) is 0 Å². The zero-order valence-corrected chi connectivity index (χ0v) is 18.5. The van der Waals surface area contributed by atoms with E-state index < -0.39 is 11.9 Å². The smallest absolute Gasteiger partial charge is 0.382 e. The molecule has 2 aromatic heterocycles. The van der Waals surface area contributed by atoms with Crippen molar-refractivity contribution in [2.45, 2.75) is 50.5 Å². The number of hydrogen-bond donors (Lipinski definition) is 2. The fraction of sp³-hybridized carbons (Fsp3) is 0.308. The number of carbonyl (C=O) groups is 1. The van der Waals surface area contributed by atoms with Crippen molar-refractivity contribution < 1.29 is 18.0 Å². The minimum absolute atomic E-state index is 0.0317. The Morgan fingerprint density at radius 2 is 1.79 bits per heavy atom. The number of anilines is 1. The molecule has 1 aliphatic carbocycles. The predicted octanol–water partition coefficient (Wildman–Crippen LogP) is 5.75. The molecule has 2 atom stereocenters. The van der Waals surface area contributed by atoms with Gasteiger partial charge in [0.1, 0.15) is 12.2 Å². The number of nitrogens with zero attached hydrogens (tertiary/aromatic N) is 2. The topological polar surface area (TPSA) is 59.0 Å². The van der Waals surface area contributed by atoms with E-state index in [-0.39, 0.29) is 24.5 Å². The zero-order chi connectivity index (χ0) is 23.7. The van der Waals surface area contributed by atoms with Crippen LogP contribution in [0.2, 0.25) is 0 Å².